The molecule has 8 heteroatoms. The van der Waals surface area contributed by atoms with E-state index in [4.69, 9.17) is 14.2 Å². The van der Waals surface area contributed by atoms with Crippen molar-refractivity contribution in [1.29, 1.82) is 0 Å². The van der Waals surface area contributed by atoms with Gasteiger partial charge < -0.3 is 24.1 Å². The third-order valence-corrected chi connectivity index (χ3v) is 4.46. The number of hydrogen-bond acceptors (Lipinski definition) is 6. The number of aromatic nitrogens is 3. The van der Waals surface area contributed by atoms with Crippen molar-refractivity contribution in [1.82, 2.24) is 14.5 Å². The molecular formula is C24H22N4O4. The second-order valence-corrected chi connectivity index (χ2v) is 6.84. The van der Waals surface area contributed by atoms with Crippen LogP contribution in [0.1, 0.15) is 5.82 Å². The minimum absolute atomic E-state index is 0.104. The van der Waals surface area contributed by atoms with Gasteiger partial charge in [-0.15, -0.1) is 0 Å². The SMILES string of the molecule is COc1ccc(OCC(=O)Nc2ccc(Oc3cc(-n4cccc4)nc(C)n3)cc2)cc1. The van der Waals surface area contributed by atoms with Gasteiger partial charge in [0, 0.05) is 24.1 Å². The summed E-state index contributed by atoms with van der Waals surface area (Å²) in [7, 11) is 1.59. The molecule has 32 heavy (non-hydrogen) atoms. The maximum atomic E-state index is 12.2. The zero-order valence-electron chi connectivity index (χ0n) is 17.7. The van der Waals surface area contributed by atoms with E-state index < -0.39 is 0 Å². The predicted octanol–water partition coefficient (Wildman–Crippen LogP) is 4.39. The summed E-state index contributed by atoms with van der Waals surface area (Å²) in [6, 6.07) is 19.7. The van der Waals surface area contributed by atoms with Gasteiger partial charge in [-0.3, -0.25) is 4.79 Å². The van der Waals surface area contributed by atoms with Crippen molar-refractivity contribution in [3.63, 3.8) is 0 Å². The standard InChI is InChI=1S/C24H22N4O4/c1-17-25-22(28-13-3-4-14-28)15-24(26-17)32-21-7-5-18(6-8-21)27-23(29)16-31-20-11-9-19(30-2)10-12-20/h3-15H,16H2,1-2H3,(H,27,29). The highest BCUT2D eigenvalue weighted by Crippen LogP contribution is 2.23. The summed E-state index contributed by atoms with van der Waals surface area (Å²) in [6.07, 6.45) is 3.81. The number of carbonyl (C=O) groups excluding carboxylic acids is 1. The number of amides is 1. The lowest BCUT2D eigenvalue weighted by molar-refractivity contribution is -0.118. The van der Waals surface area contributed by atoms with Gasteiger partial charge in [0.2, 0.25) is 5.88 Å². The Morgan fingerprint density at radius 1 is 0.938 bits per heavy atom. The van der Waals surface area contributed by atoms with E-state index >= 15 is 0 Å². The van der Waals surface area contributed by atoms with Gasteiger partial charge in [0.05, 0.1) is 7.11 Å². The van der Waals surface area contributed by atoms with Gasteiger partial charge >= 0.3 is 0 Å². The van der Waals surface area contributed by atoms with Gasteiger partial charge in [-0.1, -0.05) is 0 Å². The third-order valence-electron chi connectivity index (χ3n) is 4.46. The maximum absolute atomic E-state index is 12.2. The number of carbonyl (C=O) groups is 1. The quantitative estimate of drug-likeness (QED) is 0.446. The van der Waals surface area contributed by atoms with Crippen LogP contribution >= 0.6 is 0 Å². The van der Waals surface area contributed by atoms with E-state index in [0.717, 1.165) is 11.6 Å². The number of nitrogens with one attached hydrogen (secondary N) is 1. The molecule has 4 rings (SSSR count). The lowest BCUT2D eigenvalue weighted by Gasteiger charge is -2.10. The first-order valence-electron chi connectivity index (χ1n) is 9.93. The molecule has 2 heterocycles. The molecule has 1 N–H and O–H groups in total. The number of benzene rings is 2. The van der Waals surface area contributed by atoms with Crippen molar-refractivity contribution < 1.29 is 19.0 Å². The number of rotatable bonds is 8. The summed E-state index contributed by atoms with van der Waals surface area (Å²) in [6.45, 7) is 1.71. The second kappa shape index (κ2) is 9.65. The van der Waals surface area contributed by atoms with E-state index in [2.05, 4.69) is 15.3 Å². The molecule has 1 amide bonds. The Labute approximate surface area is 185 Å². The number of hydrogen-bond donors (Lipinski definition) is 1. The van der Waals surface area contributed by atoms with Gasteiger partial charge in [-0.25, -0.2) is 4.98 Å². The topological polar surface area (TPSA) is 87.5 Å². The smallest absolute Gasteiger partial charge is 0.262 e. The van der Waals surface area contributed by atoms with Gasteiger partial charge in [0.15, 0.2) is 6.61 Å². The lowest BCUT2D eigenvalue weighted by atomic mass is 10.3. The zero-order valence-corrected chi connectivity index (χ0v) is 17.7. The molecule has 0 aliphatic heterocycles. The van der Waals surface area contributed by atoms with Crippen LogP contribution in [0, 0.1) is 6.92 Å². The number of aryl methyl sites for hydroxylation is 1. The fourth-order valence-electron chi connectivity index (χ4n) is 2.94. The monoisotopic (exact) mass is 430 g/mol. The van der Waals surface area contributed by atoms with Crippen LogP contribution in [0.25, 0.3) is 5.82 Å². The number of ether oxygens (including phenoxy) is 3. The van der Waals surface area contributed by atoms with Gasteiger partial charge in [-0.2, -0.15) is 4.98 Å². The predicted molar refractivity (Wildman–Crippen MR) is 120 cm³/mol. The molecule has 2 aromatic heterocycles. The van der Waals surface area contributed by atoms with E-state index in [1.54, 1.807) is 61.7 Å². The number of anilines is 1. The van der Waals surface area contributed by atoms with E-state index in [9.17, 15) is 4.79 Å². The lowest BCUT2D eigenvalue weighted by Crippen LogP contribution is -2.20. The maximum Gasteiger partial charge on any atom is 0.262 e. The van der Waals surface area contributed by atoms with Crippen molar-refractivity contribution >= 4 is 11.6 Å². The molecule has 0 spiro atoms. The molecule has 4 aromatic rings. The van der Waals surface area contributed by atoms with E-state index in [1.807, 2.05) is 36.0 Å². The van der Waals surface area contributed by atoms with Crippen molar-refractivity contribution in [2.45, 2.75) is 6.92 Å². The van der Waals surface area contributed by atoms with Crippen molar-refractivity contribution in [3.05, 3.63) is 84.9 Å². The highest BCUT2D eigenvalue weighted by Gasteiger charge is 2.08. The Bertz CT molecular complexity index is 1170. The summed E-state index contributed by atoms with van der Waals surface area (Å²) < 4.78 is 18.3. The Morgan fingerprint density at radius 3 is 2.28 bits per heavy atom. The molecule has 0 aliphatic carbocycles. The molecule has 0 saturated heterocycles. The van der Waals surface area contributed by atoms with E-state index in [1.165, 1.54) is 0 Å². The van der Waals surface area contributed by atoms with Crippen LogP contribution in [0.3, 0.4) is 0 Å². The molecule has 8 nitrogen and oxygen atoms in total. The first kappa shape index (κ1) is 20.9. The summed E-state index contributed by atoms with van der Waals surface area (Å²) in [5.74, 6) is 3.40. The Morgan fingerprint density at radius 2 is 1.59 bits per heavy atom. The molecule has 2 aromatic carbocycles. The van der Waals surface area contributed by atoms with Gasteiger partial charge in [-0.05, 0) is 67.6 Å². The van der Waals surface area contributed by atoms with Crippen molar-refractivity contribution in [2.75, 3.05) is 19.0 Å². The van der Waals surface area contributed by atoms with Crippen molar-refractivity contribution in [2.24, 2.45) is 0 Å². The van der Waals surface area contributed by atoms with Crippen LogP contribution in [0.2, 0.25) is 0 Å². The fraction of sp³-hybridized carbons (Fsp3) is 0.125. The largest absolute Gasteiger partial charge is 0.497 e. The second-order valence-electron chi connectivity index (χ2n) is 6.84. The van der Waals surface area contributed by atoms with Gasteiger partial charge in [0.25, 0.3) is 5.91 Å². The first-order valence-corrected chi connectivity index (χ1v) is 9.93. The Hall–Kier alpha value is -4.33. The highest BCUT2D eigenvalue weighted by atomic mass is 16.5. The minimum Gasteiger partial charge on any atom is -0.497 e. The fourth-order valence-corrected chi connectivity index (χ4v) is 2.94. The molecule has 0 saturated carbocycles. The van der Waals surface area contributed by atoms with Crippen LogP contribution in [-0.2, 0) is 4.79 Å². The average Bonchev–Trinajstić information content (AvgIpc) is 3.34. The van der Waals surface area contributed by atoms with Crippen LogP contribution in [0.4, 0.5) is 5.69 Å². The summed E-state index contributed by atoms with van der Waals surface area (Å²) >= 11 is 0. The molecule has 0 radical (unpaired) electrons. The Balaban J connectivity index is 1.33. The third kappa shape index (κ3) is 5.42. The van der Waals surface area contributed by atoms with E-state index in [-0.39, 0.29) is 12.5 Å². The molecule has 0 unspecified atom stereocenters. The summed E-state index contributed by atoms with van der Waals surface area (Å²) in [4.78, 5) is 20.9. The normalized spacial score (nSPS) is 10.4. The van der Waals surface area contributed by atoms with Crippen LogP contribution in [0.15, 0.2) is 79.1 Å². The highest BCUT2D eigenvalue weighted by molar-refractivity contribution is 5.91. The van der Waals surface area contributed by atoms with Crippen LogP contribution in [-0.4, -0.2) is 34.2 Å². The Kier molecular flexibility index (Phi) is 6.31. The first-order chi connectivity index (χ1) is 15.6. The molecule has 0 aliphatic rings. The minimum atomic E-state index is -0.266. The van der Waals surface area contributed by atoms with Crippen molar-refractivity contribution in [3.8, 4) is 28.9 Å². The molecule has 162 valence electrons. The van der Waals surface area contributed by atoms with Crippen LogP contribution < -0.4 is 19.5 Å². The summed E-state index contributed by atoms with van der Waals surface area (Å²) in [5, 5.41) is 2.79. The van der Waals surface area contributed by atoms with E-state index in [0.29, 0.717) is 28.9 Å². The number of methoxy groups -OCH3 is 1. The zero-order chi connectivity index (χ0) is 22.3. The average molecular weight is 430 g/mol. The molecular weight excluding hydrogens is 408 g/mol. The van der Waals surface area contributed by atoms with Crippen LogP contribution in [0.5, 0.6) is 23.1 Å². The summed E-state index contributed by atoms with van der Waals surface area (Å²) in [5.41, 5.74) is 0.632. The van der Waals surface area contributed by atoms with Gasteiger partial charge in [0.1, 0.15) is 28.9 Å². The molecule has 0 bridgehead atoms. The molecule has 0 fully saturated rings. The number of nitrogens with zero attached hydrogens (tertiary/aromatic N) is 3. The molecule has 0 atom stereocenters.